The zero-order valence-electron chi connectivity index (χ0n) is 5.81. The molecule has 0 aromatic rings. The van der Waals surface area contributed by atoms with E-state index < -0.39 is 5.97 Å². The van der Waals surface area contributed by atoms with Crippen LogP contribution in [-0.4, -0.2) is 24.5 Å². The molecule has 0 rings (SSSR count). The minimum absolute atomic E-state index is 0.0995. The van der Waals surface area contributed by atoms with Crippen LogP contribution in [0.25, 0.3) is 0 Å². The lowest BCUT2D eigenvalue weighted by atomic mass is 10.3. The monoisotopic (exact) mass is 154 g/mol. The second-order valence-corrected chi connectivity index (χ2v) is 1.46. The highest BCUT2D eigenvalue weighted by Crippen LogP contribution is 1.92. The molecule has 0 bridgehead atoms. The summed E-state index contributed by atoms with van der Waals surface area (Å²) >= 11 is 0. The Bertz CT molecular complexity index is 237. The van der Waals surface area contributed by atoms with Crippen molar-refractivity contribution in [1.82, 2.24) is 0 Å². The van der Waals surface area contributed by atoms with Crippen LogP contribution in [0.2, 0.25) is 0 Å². The molecule has 11 heavy (non-hydrogen) atoms. The lowest BCUT2D eigenvalue weighted by Crippen LogP contribution is -2.05. The Morgan fingerprint density at radius 1 is 1.82 bits per heavy atom. The number of hydrogen-bond donors (Lipinski definition) is 1. The molecule has 0 saturated heterocycles. The highest BCUT2D eigenvalue weighted by Gasteiger charge is 2.05. The van der Waals surface area contributed by atoms with Crippen molar-refractivity contribution in [3.63, 3.8) is 0 Å². The second kappa shape index (κ2) is 4.99. The number of nitriles is 1. The highest BCUT2D eigenvalue weighted by molar-refractivity contribution is 6.09. The van der Waals surface area contributed by atoms with E-state index in [0.717, 1.165) is 12.3 Å². The van der Waals surface area contributed by atoms with Gasteiger partial charge in [-0.25, -0.2) is 4.79 Å². The van der Waals surface area contributed by atoms with Gasteiger partial charge in [0.2, 0.25) is 0 Å². The molecule has 0 atom stereocenters. The van der Waals surface area contributed by atoms with Gasteiger partial charge in [0.05, 0.1) is 25.0 Å². The number of oxime groups is 1. The van der Waals surface area contributed by atoms with Crippen LogP contribution in [0.1, 0.15) is 0 Å². The molecule has 0 radical (unpaired) electrons. The van der Waals surface area contributed by atoms with Crippen LogP contribution in [0.4, 0.5) is 0 Å². The predicted molar refractivity (Wildman–Crippen MR) is 36.0 cm³/mol. The van der Waals surface area contributed by atoms with Crippen LogP contribution in [0.15, 0.2) is 16.8 Å². The zero-order valence-corrected chi connectivity index (χ0v) is 5.81. The fourth-order valence-electron chi connectivity index (χ4n) is 0.398. The molecule has 1 N–H and O–H groups in total. The summed E-state index contributed by atoms with van der Waals surface area (Å²) in [5, 5.41) is 18.7. The van der Waals surface area contributed by atoms with Gasteiger partial charge in [0, 0.05) is 6.08 Å². The second-order valence-electron chi connectivity index (χ2n) is 1.46. The quantitative estimate of drug-likeness (QED) is 0.152. The molecular weight excluding hydrogens is 148 g/mol. The number of carbonyl (C=O) groups is 1. The number of esters is 1. The first-order valence-electron chi connectivity index (χ1n) is 2.61. The molecule has 0 aliphatic heterocycles. The molecule has 5 nitrogen and oxygen atoms in total. The van der Waals surface area contributed by atoms with E-state index in [1.54, 1.807) is 6.07 Å². The molecule has 5 heteroatoms. The SMILES string of the molecule is COC(=O)C(/C=N/O)=C/C#N. The minimum Gasteiger partial charge on any atom is -0.465 e. The van der Waals surface area contributed by atoms with Crippen molar-refractivity contribution in [2.45, 2.75) is 0 Å². The maximum Gasteiger partial charge on any atom is 0.340 e. The first-order valence-corrected chi connectivity index (χ1v) is 2.61. The van der Waals surface area contributed by atoms with Gasteiger partial charge in [0.25, 0.3) is 0 Å². The summed E-state index contributed by atoms with van der Waals surface area (Å²) in [5.41, 5.74) is -0.0995. The largest absolute Gasteiger partial charge is 0.465 e. The van der Waals surface area contributed by atoms with Gasteiger partial charge < -0.3 is 9.94 Å². The number of hydrogen-bond acceptors (Lipinski definition) is 5. The first kappa shape index (κ1) is 9.17. The number of allylic oxidation sites excluding steroid dienone is 1. The summed E-state index contributed by atoms with van der Waals surface area (Å²) in [5.74, 6) is -0.718. The topological polar surface area (TPSA) is 82.7 Å². The normalized spacial score (nSPS) is 11.1. The van der Waals surface area contributed by atoms with Gasteiger partial charge in [-0.3, -0.25) is 0 Å². The molecule has 0 saturated carbocycles. The highest BCUT2D eigenvalue weighted by atomic mass is 16.5. The Hall–Kier alpha value is -1.83. The third kappa shape index (κ3) is 3.01. The third-order valence-electron chi connectivity index (χ3n) is 0.838. The van der Waals surface area contributed by atoms with Gasteiger partial charge in [-0.15, -0.1) is 0 Å². The molecule has 0 aromatic heterocycles. The molecule has 0 fully saturated rings. The van der Waals surface area contributed by atoms with Crippen molar-refractivity contribution in [1.29, 1.82) is 5.26 Å². The van der Waals surface area contributed by atoms with E-state index in [0.29, 0.717) is 0 Å². The average Bonchev–Trinajstić information content (AvgIpc) is 2.03. The number of ether oxygens (including phenoxy) is 1. The van der Waals surface area contributed by atoms with Gasteiger partial charge in [-0.1, -0.05) is 5.16 Å². The fraction of sp³-hybridized carbons (Fsp3) is 0.167. The van der Waals surface area contributed by atoms with Crippen molar-refractivity contribution in [2.75, 3.05) is 7.11 Å². The van der Waals surface area contributed by atoms with Crippen molar-refractivity contribution in [2.24, 2.45) is 5.16 Å². The Balaban J connectivity index is 4.50. The molecule has 0 aliphatic carbocycles. The smallest absolute Gasteiger partial charge is 0.340 e. The van der Waals surface area contributed by atoms with Crippen LogP contribution in [0.3, 0.4) is 0 Å². The predicted octanol–water partition coefficient (Wildman–Crippen LogP) is 0.0694. The van der Waals surface area contributed by atoms with E-state index in [1.165, 1.54) is 7.11 Å². The van der Waals surface area contributed by atoms with E-state index in [-0.39, 0.29) is 5.57 Å². The van der Waals surface area contributed by atoms with E-state index in [9.17, 15) is 4.79 Å². The maximum absolute atomic E-state index is 10.6. The maximum atomic E-state index is 10.6. The van der Waals surface area contributed by atoms with Gasteiger partial charge in [0.15, 0.2) is 0 Å². The van der Waals surface area contributed by atoms with Crippen molar-refractivity contribution < 1.29 is 14.7 Å². The summed E-state index contributed by atoms with van der Waals surface area (Å²) in [6.07, 6.45) is 1.75. The van der Waals surface area contributed by atoms with Gasteiger partial charge in [-0.2, -0.15) is 5.26 Å². The standard InChI is InChI=1S/C6H6N2O3/c1-11-6(9)5(2-3-7)4-8-10/h2,4,10H,1H3/b5-2+,8-4+. The summed E-state index contributed by atoms with van der Waals surface area (Å²) in [4.78, 5) is 10.6. The Morgan fingerprint density at radius 2 is 2.45 bits per heavy atom. The van der Waals surface area contributed by atoms with Crippen molar-refractivity contribution >= 4 is 12.2 Å². The minimum atomic E-state index is -0.718. The van der Waals surface area contributed by atoms with E-state index >= 15 is 0 Å². The Morgan fingerprint density at radius 3 is 2.82 bits per heavy atom. The van der Waals surface area contributed by atoms with Crippen LogP contribution >= 0.6 is 0 Å². The molecule has 0 amide bonds. The third-order valence-corrected chi connectivity index (χ3v) is 0.838. The number of methoxy groups -OCH3 is 1. The lowest BCUT2D eigenvalue weighted by molar-refractivity contribution is -0.135. The van der Waals surface area contributed by atoms with E-state index in [2.05, 4.69) is 9.89 Å². The summed E-state index contributed by atoms with van der Waals surface area (Å²) in [6, 6.07) is 1.60. The number of carbonyl (C=O) groups excluding carboxylic acids is 1. The molecular formula is C6H6N2O3. The first-order chi connectivity index (χ1) is 5.26. The van der Waals surface area contributed by atoms with Gasteiger partial charge >= 0.3 is 5.97 Å². The lowest BCUT2D eigenvalue weighted by Gasteiger charge is -1.93. The molecule has 0 unspecified atom stereocenters. The molecule has 0 aromatic carbocycles. The molecule has 58 valence electrons. The van der Waals surface area contributed by atoms with Gasteiger partial charge in [-0.05, 0) is 0 Å². The Kier molecular flexibility index (Phi) is 4.16. The molecule has 0 spiro atoms. The van der Waals surface area contributed by atoms with Crippen LogP contribution in [0.5, 0.6) is 0 Å². The molecule has 0 aliphatic rings. The summed E-state index contributed by atoms with van der Waals surface area (Å²) in [6.45, 7) is 0. The van der Waals surface area contributed by atoms with Crippen LogP contribution in [-0.2, 0) is 9.53 Å². The summed E-state index contributed by atoms with van der Waals surface area (Å²) < 4.78 is 4.26. The number of rotatable bonds is 2. The van der Waals surface area contributed by atoms with Crippen LogP contribution in [0, 0.1) is 11.3 Å². The summed E-state index contributed by atoms with van der Waals surface area (Å²) in [7, 11) is 1.17. The Labute approximate surface area is 63.2 Å². The zero-order chi connectivity index (χ0) is 8.69. The number of nitrogens with zero attached hydrogens (tertiary/aromatic N) is 2. The van der Waals surface area contributed by atoms with Crippen molar-refractivity contribution in [3.05, 3.63) is 11.6 Å². The van der Waals surface area contributed by atoms with Gasteiger partial charge in [0.1, 0.15) is 0 Å². The average molecular weight is 154 g/mol. The van der Waals surface area contributed by atoms with E-state index in [4.69, 9.17) is 10.5 Å². The molecule has 0 heterocycles. The fourth-order valence-corrected chi connectivity index (χ4v) is 0.398. The van der Waals surface area contributed by atoms with E-state index in [1.807, 2.05) is 0 Å². The van der Waals surface area contributed by atoms with Crippen LogP contribution < -0.4 is 0 Å². The van der Waals surface area contributed by atoms with Crippen molar-refractivity contribution in [3.8, 4) is 6.07 Å².